The summed E-state index contributed by atoms with van der Waals surface area (Å²) in [7, 11) is 1.33. The Kier molecular flexibility index (Phi) is 6.18. The maximum Gasteiger partial charge on any atom is 0.341 e. The van der Waals surface area contributed by atoms with Gasteiger partial charge in [0.25, 0.3) is 0 Å². The molecule has 5 nitrogen and oxygen atoms in total. The van der Waals surface area contributed by atoms with E-state index >= 15 is 0 Å². The van der Waals surface area contributed by atoms with Gasteiger partial charge >= 0.3 is 5.97 Å². The van der Waals surface area contributed by atoms with Crippen molar-refractivity contribution in [2.45, 2.75) is 18.9 Å². The quantitative estimate of drug-likeness (QED) is 0.594. The Hall–Kier alpha value is -2.03. The van der Waals surface area contributed by atoms with Gasteiger partial charge in [0.05, 0.1) is 13.2 Å². The van der Waals surface area contributed by atoms with Crippen LogP contribution in [0.5, 0.6) is 0 Å². The van der Waals surface area contributed by atoms with Crippen molar-refractivity contribution >= 4 is 39.6 Å². The van der Waals surface area contributed by atoms with Gasteiger partial charge in [-0.1, -0.05) is 12.1 Å². The molecule has 2 heterocycles. The smallest absolute Gasteiger partial charge is 0.341 e. The second-order valence-electron chi connectivity index (χ2n) is 5.82. The molecular formula is C18H19FN2O3S2. The summed E-state index contributed by atoms with van der Waals surface area (Å²) in [4.78, 5) is 12.3. The van der Waals surface area contributed by atoms with Crippen LogP contribution in [-0.2, 0) is 9.47 Å². The number of esters is 1. The molecule has 0 saturated carbocycles. The zero-order valence-electron chi connectivity index (χ0n) is 14.2. The Morgan fingerprint density at radius 2 is 2.19 bits per heavy atom. The normalized spacial score (nSPS) is 16.3. The van der Waals surface area contributed by atoms with E-state index in [1.165, 1.54) is 30.6 Å². The van der Waals surface area contributed by atoms with E-state index in [4.69, 9.17) is 21.7 Å². The SMILES string of the molecule is COC(=O)c1c(-c2ccc(F)cc2)csc1NC(=S)NC[C@H]1CCCO1. The number of anilines is 1. The zero-order valence-corrected chi connectivity index (χ0v) is 15.8. The van der Waals surface area contributed by atoms with E-state index in [-0.39, 0.29) is 11.9 Å². The average molecular weight is 394 g/mol. The van der Waals surface area contributed by atoms with Crippen molar-refractivity contribution in [1.29, 1.82) is 0 Å². The highest BCUT2D eigenvalue weighted by Gasteiger charge is 2.22. The van der Waals surface area contributed by atoms with Gasteiger partial charge in [0.15, 0.2) is 5.11 Å². The van der Waals surface area contributed by atoms with Crippen molar-refractivity contribution in [2.75, 3.05) is 25.6 Å². The summed E-state index contributed by atoms with van der Waals surface area (Å²) < 4.78 is 23.6. The molecule has 1 aliphatic heterocycles. The predicted octanol–water partition coefficient (Wildman–Crippen LogP) is 3.81. The summed E-state index contributed by atoms with van der Waals surface area (Å²) in [6.45, 7) is 1.40. The fourth-order valence-electron chi connectivity index (χ4n) is 2.76. The van der Waals surface area contributed by atoms with Gasteiger partial charge in [-0.15, -0.1) is 11.3 Å². The summed E-state index contributed by atoms with van der Waals surface area (Å²) in [6.07, 6.45) is 2.23. The summed E-state index contributed by atoms with van der Waals surface area (Å²) in [5.74, 6) is -0.809. The number of thiophene rings is 1. The minimum absolute atomic E-state index is 0.160. The number of methoxy groups -OCH3 is 1. The molecule has 0 spiro atoms. The summed E-state index contributed by atoms with van der Waals surface area (Å²) in [5.41, 5.74) is 1.78. The molecule has 3 rings (SSSR count). The molecular weight excluding hydrogens is 375 g/mol. The molecule has 1 aliphatic rings. The van der Waals surface area contributed by atoms with E-state index in [2.05, 4.69) is 10.6 Å². The molecule has 1 aromatic carbocycles. The number of carbonyl (C=O) groups excluding carboxylic acids is 1. The first kappa shape index (κ1) is 18.8. The lowest BCUT2D eigenvalue weighted by Crippen LogP contribution is -2.34. The fraction of sp³-hybridized carbons (Fsp3) is 0.333. The number of carbonyl (C=O) groups is 1. The van der Waals surface area contributed by atoms with E-state index in [0.29, 0.717) is 27.8 Å². The number of thiocarbonyl (C=S) groups is 1. The third-order valence-electron chi connectivity index (χ3n) is 4.08. The highest BCUT2D eigenvalue weighted by Crippen LogP contribution is 2.36. The zero-order chi connectivity index (χ0) is 18.5. The van der Waals surface area contributed by atoms with Gasteiger partial charge in [0.1, 0.15) is 16.4 Å². The maximum absolute atomic E-state index is 13.2. The highest BCUT2D eigenvalue weighted by atomic mass is 32.1. The third-order valence-corrected chi connectivity index (χ3v) is 5.22. The number of hydrogen-bond acceptors (Lipinski definition) is 5. The van der Waals surface area contributed by atoms with Crippen LogP contribution in [0.3, 0.4) is 0 Å². The second kappa shape index (κ2) is 8.57. The van der Waals surface area contributed by atoms with Gasteiger partial charge in [-0.2, -0.15) is 0 Å². The minimum Gasteiger partial charge on any atom is -0.465 e. The number of hydrogen-bond donors (Lipinski definition) is 2. The van der Waals surface area contributed by atoms with Crippen LogP contribution in [0.1, 0.15) is 23.2 Å². The van der Waals surface area contributed by atoms with Crippen LogP contribution in [0, 0.1) is 5.82 Å². The van der Waals surface area contributed by atoms with Crippen LogP contribution < -0.4 is 10.6 Å². The molecule has 1 saturated heterocycles. The van der Waals surface area contributed by atoms with Crippen LogP contribution in [0.2, 0.25) is 0 Å². The lowest BCUT2D eigenvalue weighted by molar-refractivity contribution is 0.0603. The summed E-state index contributed by atoms with van der Waals surface area (Å²) >= 11 is 6.66. The minimum atomic E-state index is -0.477. The number of halogens is 1. The average Bonchev–Trinajstić information content (AvgIpc) is 3.30. The molecule has 0 bridgehead atoms. The van der Waals surface area contributed by atoms with Gasteiger partial charge in [-0.3, -0.25) is 0 Å². The predicted molar refractivity (Wildman–Crippen MR) is 104 cm³/mol. The van der Waals surface area contributed by atoms with Crippen molar-refractivity contribution < 1.29 is 18.7 Å². The van der Waals surface area contributed by atoms with Crippen molar-refractivity contribution in [2.24, 2.45) is 0 Å². The first-order valence-corrected chi connectivity index (χ1v) is 9.49. The Balaban J connectivity index is 1.77. The first-order valence-electron chi connectivity index (χ1n) is 8.20. The van der Waals surface area contributed by atoms with Gasteiger partial charge < -0.3 is 20.1 Å². The first-order chi connectivity index (χ1) is 12.6. The Labute approximate surface area is 160 Å². The monoisotopic (exact) mass is 394 g/mol. The van der Waals surface area contributed by atoms with Gasteiger partial charge in [0, 0.05) is 24.1 Å². The van der Waals surface area contributed by atoms with Crippen LogP contribution in [0.15, 0.2) is 29.6 Å². The van der Waals surface area contributed by atoms with Crippen LogP contribution >= 0.6 is 23.6 Å². The molecule has 1 aromatic heterocycles. The molecule has 1 fully saturated rings. The molecule has 26 heavy (non-hydrogen) atoms. The van der Waals surface area contributed by atoms with E-state index in [0.717, 1.165) is 25.0 Å². The molecule has 0 amide bonds. The van der Waals surface area contributed by atoms with Crippen LogP contribution in [-0.4, -0.2) is 37.4 Å². The van der Waals surface area contributed by atoms with Gasteiger partial charge in [-0.25, -0.2) is 9.18 Å². The number of benzene rings is 1. The Morgan fingerprint density at radius 3 is 2.85 bits per heavy atom. The standard InChI is InChI=1S/C18H19FN2O3S2/c1-23-17(22)15-14(11-4-6-12(19)7-5-11)10-26-16(15)21-18(25)20-9-13-3-2-8-24-13/h4-7,10,13H,2-3,8-9H2,1H3,(H2,20,21,25)/t13-/m1/s1. The summed E-state index contributed by atoms with van der Waals surface area (Å²) in [5, 5.41) is 9.00. The molecule has 2 N–H and O–H groups in total. The highest BCUT2D eigenvalue weighted by molar-refractivity contribution is 7.80. The number of rotatable bonds is 5. The summed E-state index contributed by atoms with van der Waals surface area (Å²) in [6, 6.07) is 5.97. The molecule has 0 unspecified atom stereocenters. The molecule has 138 valence electrons. The third kappa shape index (κ3) is 4.38. The van der Waals surface area contributed by atoms with E-state index in [9.17, 15) is 9.18 Å². The van der Waals surface area contributed by atoms with Crippen LogP contribution in [0.4, 0.5) is 9.39 Å². The Morgan fingerprint density at radius 1 is 1.42 bits per heavy atom. The van der Waals surface area contributed by atoms with Crippen molar-refractivity contribution in [3.05, 3.63) is 41.0 Å². The number of ether oxygens (including phenoxy) is 2. The Bertz CT molecular complexity index is 786. The number of nitrogens with one attached hydrogen (secondary N) is 2. The topological polar surface area (TPSA) is 59.6 Å². The second-order valence-corrected chi connectivity index (χ2v) is 7.11. The van der Waals surface area contributed by atoms with Crippen LogP contribution in [0.25, 0.3) is 11.1 Å². The molecule has 1 atom stereocenters. The lowest BCUT2D eigenvalue weighted by atomic mass is 10.0. The molecule has 0 radical (unpaired) electrons. The maximum atomic E-state index is 13.2. The lowest BCUT2D eigenvalue weighted by Gasteiger charge is -2.14. The van der Waals surface area contributed by atoms with Crippen molar-refractivity contribution in [1.82, 2.24) is 5.32 Å². The molecule has 0 aliphatic carbocycles. The molecule has 2 aromatic rings. The fourth-order valence-corrected chi connectivity index (χ4v) is 3.97. The van der Waals surface area contributed by atoms with E-state index in [1.54, 1.807) is 12.1 Å². The van der Waals surface area contributed by atoms with Crippen molar-refractivity contribution in [3.63, 3.8) is 0 Å². The molecule has 8 heteroatoms. The van der Waals surface area contributed by atoms with Gasteiger partial charge in [0.2, 0.25) is 0 Å². The van der Waals surface area contributed by atoms with E-state index < -0.39 is 5.97 Å². The van der Waals surface area contributed by atoms with Crippen molar-refractivity contribution in [3.8, 4) is 11.1 Å². The largest absolute Gasteiger partial charge is 0.465 e. The van der Waals surface area contributed by atoms with Gasteiger partial charge in [-0.05, 0) is 42.8 Å². The van der Waals surface area contributed by atoms with E-state index in [1.807, 2.05) is 5.38 Å².